The number of sulfonamides is 1. The summed E-state index contributed by atoms with van der Waals surface area (Å²) in [6, 6.07) is 9.81. The predicted octanol–water partition coefficient (Wildman–Crippen LogP) is 2.55. The third-order valence-corrected chi connectivity index (χ3v) is 6.47. The van der Waals surface area contributed by atoms with E-state index in [4.69, 9.17) is 0 Å². The van der Waals surface area contributed by atoms with Crippen molar-refractivity contribution in [3.8, 4) is 0 Å². The van der Waals surface area contributed by atoms with Gasteiger partial charge in [0.1, 0.15) is 0 Å². The molecule has 1 aliphatic rings. The van der Waals surface area contributed by atoms with Gasteiger partial charge in [0.15, 0.2) is 0 Å². The van der Waals surface area contributed by atoms with E-state index in [1.165, 1.54) is 12.1 Å². The number of likely N-dealkylation sites (N-methyl/N-ethyl adjacent to an activating group) is 1. The van der Waals surface area contributed by atoms with Gasteiger partial charge in [-0.15, -0.1) is 0 Å². The van der Waals surface area contributed by atoms with Crippen LogP contribution in [0.5, 0.6) is 0 Å². The van der Waals surface area contributed by atoms with Crippen LogP contribution in [0.25, 0.3) is 0 Å². The molecule has 0 bridgehead atoms. The van der Waals surface area contributed by atoms with E-state index in [0.717, 1.165) is 31.7 Å². The van der Waals surface area contributed by atoms with Crippen molar-refractivity contribution in [1.82, 2.24) is 4.90 Å². The van der Waals surface area contributed by atoms with Crippen molar-refractivity contribution in [2.24, 2.45) is 0 Å². The highest BCUT2D eigenvalue weighted by atomic mass is 32.2. The van der Waals surface area contributed by atoms with Gasteiger partial charge in [-0.05, 0) is 56.3 Å². The Morgan fingerprint density at radius 2 is 1.71 bits per heavy atom. The Bertz CT molecular complexity index is 997. The Labute approximate surface area is 165 Å². The van der Waals surface area contributed by atoms with Gasteiger partial charge in [0.2, 0.25) is 0 Å². The number of carbonyl (C=O) groups is 1. The minimum Gasteiger partial charge on any atom is -0.478 e. The molecule has 3 rings (SSSR count). The number of anilines is 2. The second-order valence-electron chi connectivity index (χ2n) is 7.20. The lowest BCUT2D eigenvalue weighted by atomic mass is 10.1. The summed E-state index contributed by atoms with van der Waals surface area (Å²) in [6.45, 7) is 6.75. The maximum Gasteiger partial charge on any atom is 0.335 e. The molecule has 1 fully saturated rings. The zero-order valence-electron chi connectivity index (χ0n) is 16.3. The van der Waals surface area contributed by atoms with Crippen molar-refractivity contribution in [3.63, 3.8) is 0 Å². The van der Waals surface area contributed by atoms with Crippen LogP contribution in [0.15, 0.2) is 41.3 Å². The van der Waals surface area contributed by atoms with Gasteiger partial charge in [-0.25, -0.2) is 13.2 Å². The van der Waals surface area contributed by atoms with Crippen LogP contribution in [0.4, 0.5) is 11.4 Å². The number of carboxylic acids is 1. The number of benzene rings is 2. The summed E-state index contributed by atoms with van der Waals surface area (Å²) in [5.41, 5.74) is 2.48. The minimum absolute atomic E-state index is 0.0385. The molecule has 0 amide bonds. The molecule has 0 spiro atoms. The first kappa shape index (κ1) is 20.2. The smallest absolute Gasteiger partial charge is 0.335 e. The third-order valence-electron chi connectivity index (χ3n) is 4.96. The average molecular weight is 404 g/mol. The zero-order chi connectivity index (χ0) is 20.5. The first-order valence-electron chi connectivity index (χ1n) is 9.08. The van der Waals surface area contributed by atoms with Crippen LogP contribution in [0.3, 0.4) is 0 Å². The maximum absolute atomic E-state index is 13.1. The van der Waals surface area contributed by atoms with Crippen molar-refractivity contribution in [2.45, 2.75) is 18.7 Å². The minimum atomic E-state index is -3.86. The SMILES string of the molecule is Cc1ccc(C)c(S(=O)(=O)Nc2cc(C(=O)O)ccc2N2CCN(C)CC2)c1. The van der Waals surface area contributed by atoms with Gasteiger partial charge in [-0.2, -0.15) is 0 Å². The van der Waals surface area contributed by atoms with Crippen molar-refractivity contribution < 1.29 is 18.3 Å². The Hall–Kier alpha value is -2.58. The van der Waals surface area contributed by atoms with Gasteiger partial charge in [-0.1, -0.05) is 12.1 Å². The molecule has 2 aromatic carbocycles. The molecule has 8 heteroatoms. The molecular weight excluding hydrogens is 378 g/mol. The molecule has 0 aromatic heterocycles. The van der Waals surface area contributed by atoms with Gasteiger partial charge in [0.25, 0.3) is 10.0 Å². The summed E-state index contributed by atoms with van der Waals surface area (Å²) in [7, 11) is -1.82. The van der Waals surface area contributed by atoms with Crippen LogP contribution in [-0.4, -0.2) is 57.6 Å². The number of hydrogen-bond acceptors (Lipinski definition) is 5. The van der Waals surface area contributed by atoms with E-state index in [-0.39, 0.29) is 16.1 Å². The summed E-state index contributed by atoms with van der Waals surface area (Å²) in [6.07, 6.45) is 0. The largest absolute Gasteiger partial charge is 0.478 e. The number of carboxylic acid groups (broad SMARTS) is 1. The molecule has 150 valence electrons. The number of hydrogen-bond donors (Lipinski definition) is 2. The molecule has 0 saturated carbocycles. The van der Waals surface area contributed by atoms with Crippen molar-refractivity contribution >= 4 is 27.4 Å². The topological polar surface area (TPSA) is 89.9 Å². The number of rotatable bonds is 5. The summed E-state index contributed by atoms with van der Waals surface area (Å²) >= 11 is 0. The molecule has 28 heavy (non-hydrogen) atoms. The van der Waals surface area contributed by atoms with Crippen molar-refractivity contribution in [3.05, 3.63) is 53.1 Å². The molecule has 0 atom stereocenters. The van der Waals surface area contributed by atoms with Gasteiger partial charge in [0.05, 0.1) is 21.8 Å². The molecule has 7 nitrogen and oxygen atoms in total. The Kier molecular flexibility index (Phi) is 5.62. The molecule has 1 saturated heterocycles. The van der Waals surface area contributed by atoms with Crippen LogP contribution in [0, 0.1) is 13.8 Å². The first-order chi connectivity index (χ1) is 13.2. The van der Waals surface area contributed by atoms with Crippen molar-refractivity contribution in [2.75, 3.05) is 42.8 Å². The standard InChI is InChI=1S/C20H25N3O4S/c1-14-4-5-15(2)19(12-14)28(26,27)21-17-13-16(20(24)25)6-7-18(17)23-10-8-22(3)9-11-23/h4-7,12-13,21H,8-11H2,1-3H3,(H,24,25). The molecule has 2 N–H and O–H groups in total. The monoisotopic (exact) mass is 403 g/mol. The normalized spacial score (nSPS) is 15.5. The molecule has 1 heterocycles. The van der Waals surface area contributed by atoms with Crippen LogP contribution in [-0.2, 0) is 10.0 Å². The third kappa shape index (κ3) is 4.28. The number of piperazine rings is 1. The fourth-order valence-corrected chi connectivity index (χ4v) is 4.67. The van der Waals surface area contributed by atoms with Crippen LogP contribution >= 0.6 is 0 Å². The molecule has 1 aliphatic heterocycles. The van der Waals surface area contributed by atoms with Gasteiger partial charge in [-0.3, -0.25) is 4.72 Å². The van der Waals surface area contributed by atoms with E-state index < -0.39 is 16.0 Å². The number of nitrogens with one attached hydrogen (secondary N) is 1. The Morgan fingerprint density at radius 3 is 2.36 bits per heavy atom. The van der Waals surface area contributed by atoms with E-state index in [1.54, 1.807) is 25.1 Å². The maximum atomic E-state index is 13.1. The fraction of sp³-hybridized carbons (Fsp3) is 0.350. The van der Waals surface area contributed by atoms with Gasteiger partial charge < -0.3 is 14.9 Å². The van der Waals surface area contributed by atoms with E-state index in [2.05, 4.69) is 14.5 Å². The van der Waals surface area contributed by atoms with E-state index in [1.807, 2.05) is 20.0 Å². The van der Waals surface area contributed by atoms with Gasteiger partial charge in [0, 0.05) is 26.2 Å². The van der Waals surface area contributed by atoms with E-state index in [0.29, 0.717) is 11.3 Å². The predicted molar refractivity (Wildman–Crippen MR) is 110 cm³/mol. The molecular formula is C20H25N3O4S. The van der Waals surface area contributed by atoms with Crippen molar-refractivity contribution in [1.29, 1.82) is 0 Å². The van der Waals surface area contributed by atoms with Crippen LogP contribution in [0.1, 0.15) is 21.5 Å². The molecule has 0 unspecified atom stereocenters. The summed E-state index contributed by atoms with van der Waals surface area (Å²) in [4.78, 5) is 15.9. The second kappa shape index (κ2) is 7.81. The Morgan fingerprint density at radius 1 is 1.04 bits per heavy atom. The fourth-order valence-electron chi connectivity index (χ4n) is 3.27. The lowest BCUT2D eigenvalue weighted by molar-refractivity contribution is 0.0697. The second-order valence-corrected chi connectivity index (χ2v) is 8.85. The van der Waals surface area contributed by atoms with Gasteiger partial charge >= 0.3 is 5.97 Å². The first-order valence-corrected chi connectivity index (χ1v) is 10.6. The molecule has 0 radical (unpaired) electrons. The number of aryl methyl sites for hydroxylation is 2. The highest BCUT2D eigenvalue weighted by Crippen LogP contribution is 2.31. The lowest BCUT2D eigenvalue weighted by Crippen LogP contribution is -2.44. The van der Waals surface area contributed by atoms with E-state index in [9.17, 15) is 18.3 Å². The highest BCUT2D eigenvalue weighted by molar-refractivity contribution is 7.92. The summed E-state index contributed by atoms with van der Waals surface area (Å²) in [5, 5.41) is 9.34. The highest BCUT2D eigenvalue weighted by Gasteiger charge is 2.23. The number of nitrogens with zero attached hydrogens (tertiary/aromatic N) is 2. The van der Waals surface area contributed by atoms with E-state index >= 15 is 0 Å². The molecule has 0 aliphatic carbocycles. The zero-order valence-corrected chi connectivity index (χ0v) is 17.1. The number of aromatic carboxylic acids is 1. The molecule has 2 aromatic rings. The quantitative estimate of drug-likeness (QED) is 0.798. The summed E-state index contributed by atoms with van der Waals surface area (Å²) in [5.74, 6) is -1.10. The summed E-state index contributed by atoms with van der Waals surface area (Å²) < 4.78 is 28.7. The van der Waals surface area contributed by atoms with Crippen LogP contribution < -0.4 is 9.62 Å². The lowest BCUT2D eigenvalue weighted by Gasteiger charge is -2.35. The average Bonchev–Trinajstić information content (AvgIpc) is 2.64. The van der Waals surface area contributed by atoms with Crippen LogP contribution in [0.2, 0.25) is 0 Å². The Balaban J connectivity index is 2.02.